The van der Waals surface area contributed by atoms with Crippen LogP contribution in [0, 0.1) is 0 Å². The number of amides is 2. The smallest absolute Gasteiger partial charge is 0.303 e. The van der Waals surface area contributed by atoms with Crippen molar-refractivity contribution in [2.45, 2.75) is 12.8 Å². The van der Waals surface area contributed by atoms with Crippen molar-refractivity contribution in [3.05, 3.63) is 40.4 Å². The number of ketones is 1. The lowest BCUT2D eigenvalue weighted by molar-refractivity contribution is -0.186. The predicted molar refractivity (Wildman–Crippen MR) is 81.8 cm³/mol. The number of hydrogen-bond acceptors (Lipinski definition) is 5. The van der Waals surface area contributed by atoms with Gasteiger partial charge in [0.15, 0.2) is 5.78 Å². The standard InChI is InChI=1S/C15H12BrNO6/c16-10-3-1-9(2-4-10)12-7-13(19)17(15(12)22)23-8-11(18)5-6-14(20)21/h1-4,7H,5-6,8H2,(H,20,21). The first-order chi connectivity index (χ1) is 10.9. The number of carboxylic acids is 1. The molecule has 120 valence electrons. The lowest BCUT2D eigenvalue weighted by Crippen LogP contribution is -2.33. The minimum absolute atomic E-state index is 0.167. The van der Waals surface area contributed by atoms with Crippen LogP contribution in [0.25, 0.3) is 5.57 Å². The van der Waals surface area contributed by atoms with Crippen molar-refractivity contribution < 1.29 is 29.1 Å². The van der Waals surface area contributed by atoms with E-state index in [0.29, 0.717) is 10.6 Å². The van der Waals surface area contributed by atoms with E-state index in [1.165, 1.54) is 0 Å². The van der Waals surface area contributed by atoms with Gasteiger partial charge in [0.1, 0.15) is 6.61 Å². The molecule has 1 aliphatic rings. The number of nitrogens with zero attached hydrogens (tertiary/aromatic N) is 1. The summed E-state index contributed by atoms with van der Waals surface area (Å²) in [5, 5.41) is 8.99. The van der Waals surface area contributed by atoms with Crippen LogP contribution in [0.5, 0.6) is 0 Å². The molecule has 2 amide bonds. The van der Waals surface area contributed by atoms with Gasteiger partial charge < -0.3 is 5.11 Å². The minimum atomic E-state index is -1.11. The fourth-order valence-corrected chi connectivity index (χ4v) is 2.13. The maximum atomic E-state index is 12.2. The Bertz CT molecular complexity index is 694. The second-order valence-corrected chi connectivity index (χ2v) is 5.62. The lowest BCUT2D eigenvalue weighted by atomic mass is 10.1. The third-order valence-corrected chi connectivity index (χ3v) is 3.54. The van der Waals surface area contributed by atoms with Crippen molar-refractivity contribution in [3.8, 4) is 0 Å². The summed E-state index contributed by atoms with van der Waals surface area (Å²) in [6.07, 6.45) is 0.582. The number of benzene rings is 1. The first-order valence-electron chi connectivity index (χ1n) is 6.61. The molecule has 1 heterocycles. The average Bonchev–Trinajstić information content (AvgIpc) is 2.79. The fourth-order valence-electron chi connectivity index (χ4n) is 1.87. The number of halogens is 1. The van der Waals surface area contributed by atoms with Crippen LogP contribution in [0.2, 0.25) is 0 Å². The summed E-state index contributed by atoms with van der Waals surface area (Å²) in [6.45, 7) is -0.535. The molecule has 23 heavy (non-hydrogen) atoms. The second kappa shape index (κ2) is 7.30. The zero-order valence-electron chi connectivity index (χ0n) is 11.8. The number of carbonyl (C=O) groups excluding carboxylic acids is 3. The third-order valence-electron chi connectivity index (χ3n) is 3.01. The molecule has 0 bridgehead atoms. The second-order valence-electron chi connectivity index (χ2n) is 4.71. The molecule has 1 aromatic carbocycles. The summed E-state index contributed by atoms with van der Waals surface area (Å²) >= 11 is 3.27. The number of rotatable bonds is 7. The highest BCUT2D eigenvalue weighted by molar-refractivity contribution is 9.10. The zero-order valence-corrected chi connectivity index (χ0v) is 13.4. The molecule has 7 nitrogen and oxygen atoms in total. The Morgan fingerprint density at radius 2 is 1.78 bits per heavy atom. The number of hydrogen-bond donors (Lipinski definition) is 1. The Morgan fingerprint density at radius 1 is 1.13 bits per heavy atom. The SMILES string of the molecule is O=C(O)CCC(=O)CON1C(=O)C=C(c2ccc(Br)cc2)C1=O. The molecule has 0 spiro atoms. The normalized spacial score (nSPS) is 14.1. The van der Waals surface area contributed by atoms with Gasteiger partial charge in [0.2, 0.25) is 0 Å². The Hall–Kier alpha value is -2.32. The van der Waals surface area contributed by atoms with E-state index >= 15 is 0 Å². The van der Waals surface area contributed by atoms with Gasteiger partial charge in [0.05, 0.1) is 12.0 Å². The van der Waals surface area contributed by atoms with Crippen molar-refractivity contribution in [1.82, 2.24) is 5.06 Å². The van der Waals surface area contributed by atoms with Crippen LogP contribution >= 0.6 is 15.9 Å². The predicted octanol–water partition coefficient (Wildman–Crippen LogP) is 1.57. The Morgan fingerprint density at radius 3 is 2.39 bits per heavy atom. The van der Waals surface area contributed by atoms with Crippen LogP contribution < -0.4 is 0 Å². The first-order valence-corrected chi connectivity index (χ1v) is 7.40. The monoisotopic (exact) mass is 381 g/mol. The first kappa shape index (κ1) is 17.0. The Balaban J connectivity index is 1.97. The van der Waals surface area contributed by atoms with Gasteiger partial charge in [-0.2, -0.15) is 0 Å². The topological polar surface area (TPSA) is 101 Å². The summed E-state index contributed by atoms with van der Waals surface area (Å²) in [5.41, 5.74) is 0.718. The molecular weight excluding hydrogens is 370 g/mol. The number of Topliss-reactive ketones (excluding diaryl/α,β-unsaturated/α-hetero) is 1. The molecule has 0 fully saturated rings. The zero-order chi connectivity index (χ0) is 17.0. The summed E-state index contributed by atoms with van der Waals surface area (Å²) < 4.78 is 0.829. The number of carboxylic acid groups (broad SMARTS) is 1. The van der Waals surface area contributed by atoms with Gasteiger partial charge in [0.25, 0.3) is 11.8 Å². The van der Waals surface area contributed by atoms with Gasteiger partial charge in [-0.15, -0.1) is 5.06 Å². The van der Waals surface area contributed by atoms with Gasteiger partial charge in [-0.3, -0.25) is 24.0 Å². The maximum absolute atomic E-state index is 12.2. The van der Waals surface area contributed by atoms with Crippen molar-refractivity contribution in [2.75, 3.05) is 6.61 Å². The number of imide groups is 1. The molecular formula is C15H12BrNO6. The molecule has 2 rings (SSSR count). The van der Waals surface area contributed by atoms with E-state index in [-0.39, 0.29) is 18.4 Å². The summed E-state index contributed by atoms with van der Waals surface area (Å²) in [7, 11) is 0. The quantitative estimate of drug-likeness (QED) is 0.719. The molecule has 0 saturated heterocycles. The molecule has 8 heteroatoms. The maximum Gasteiger partial charge on any atom is 0.303 e. The number of carbonyl (C=O) groups is 4. The van der Waals surface area contributed by atoms with Crippen LogP contribution in [0.15, 0.2) is 34.8 Å². The third kappa shape index (κ3) is 4.33. The lowest BCUT2D eigenvalue weighted by Gasteiger charge is -2.13. The molecule has 0 saturated carbocycles. The van der Waals surface area contributed by atoms with Crippen LogP contribution in [0.3, 0.4) is 0 Å². The summed E-state index contributed by atoms with van der Waals surface area (Å²) in [5.74, 6) is -2.96. The van der Waals surface area contributed by atoms with E-state index in [1.807, 2.05) is 0 Å². The molecule has 0 aromatic heterocycles. The largest absolute Gasteiger partial charge is 0.481 e. The Kier molecular flexibility index (Phi) is 5.41. The summed E-state index contributed by atoms with van der Waals surface area (Å²) in [6, 6.07) is 6.80. The highest BCUT2D eigenvalue weighted by Crippen LogP contribution is 2.25. The van der Waals surface area contributed by atoms with Crippen LogP contribution in [-0.2, 0) is 24.0 Å². The molecule has 0 aliphatic carbocycles. The summed E-state index contributed by atoms with van der Waals surface area (Å²) in [4.78, 5) is 50.7. The van der Waals surface area contributed by atoms with Gasteiger partial charge >= 0.3 is 5.97 Å². The van der Waals surface area contributed by atoms with Crippen LogP contribution in [0.1, 0.15) is 18.4 Å². The number of aliphatic carboxylic acids is 1. The van der Waals surface area contributed by atoms with Crippen molar-refractivity contribution in [2.24, 2.45) is 0 Å². The fraction of sp³-hybridized carbons (Fsp3) is 0.200. The highest BCUT2D eigenvalue weighted by Gasteiger charge is 2.33. The van der Waals surface area contributed by atoms with Gasteiger partial charge in [-0.1, -0.05) is 28.1 Å². The minimum Gasteiger partial charge on any atom is -0.481 e. The van der Waals surface area contributed by atoms with Crippen LogP contribution in [0.4, 0.5) is 0 Å². The molecule has 1 N–H and O–H groups in total. The van der Waals surface area contributed by atoms with E-state index in [2.05, 4.69) is 15.9 Å². The van der Waals surface area contributed by atoms with Gasteiger partial charge in [0, 0.05) is 17.0 Å². The molecule has 1 aromatic rings. The van der Waals surface area contributed by atoms with Crippen molar-refractivity contribution in [1.29, 1.82) is 0 Å². The van der Waals surface area contributed by atoms with E-state index in [4.69, 9.17) is 9.94 Å². The van der Waals surface area contributed by atoms with Gasteiger partial charge in [-0.25, -0.2) is 0 Å². The molecule has 0 unspecified atom stereocenters. The van der Waals surface area contributed by atoms with Gasteiger partial charge in [-0.05, 0) is 17.7 Å². The molecule has 0 radical (unpaired) electrons. The van der Waals surface area contributed by atoms with E-state index < -0.39 is 30.2 Å². The average molecular weight is 382 g/mol. The van der Waals surface area contributed by atoms with E-state index in [0.717, 1.165) is 10.5 Å². The van der Waals surface area contributed by atoms with E-state index in [9.17, 15) is 19.2 Å². The Labute approximate surface area is 139 Å². The van der Waals surface area contributed by atoms with E-state index in [1.54, 1.807) is 24.3 Å². The van der Waals surface area contributed by atoms with Crippen LogP contribution in [-0.4, -0.2) is 40.3 Å². The highest BCUT2D eigenvalue weighted by atomic mass is 79.9. The van der Waals surface area contributed by atoms with Crippen molar-refractivity contribution in [3.63, 3.8) is 0 Å². The van der Waals surface area contributed by atoms with Crippen molar-refractivity contribution >= 4 is 45.1 Å². The molecule has 1 aliphatic heterocycles. The number of hydroxylamine groups is 2. The molecule has 0 atom stereocenters.